The van der Waals surface area contributed by atoms with Gasteiger partial charge in [-0.25, -0.2) is 0 Å². The number of nitrogens with zero attached hydrogens (tertiary/aromatic N) is 1. The number of amides is 1. The number of benzene rings is 1. The molecule has 130 valence electrons. The van der Waals surface area contributed by atoms with E-state index in [0.717, 1.165) is 32.4 Å². The second-order valence-corrected chi connectivity index (χ2v) is 12.0. The summed E-state index contributed by atoms with van der Waals surface area (Å²) in [6, 6.07) is 8.52. The van der Waals surface area contributed by atoms with Crippen molar-refractivity contribution in [2.45, 2.75) is 48.2 Å². The van der Waals surface area contributed by atoms with Crippen LogP contribution in [0.5, 0.6) is 0 Å². The van der Waals surface area contributed by atoms with Gasteiger partial charge in [0.2, 0.25) is 5.91 Å². The topological polar surface area (TPSA) is 20.3 Å². The SMILES string of the molecule is CC1(C)[C@]2(C(=O)N3CCc4ccccc4C3)CC[C@]1(C(Br)Br)[C@H]2Br. The maximum atomic E-state index is 13.6. The van der Waals surface area contributed by atoms with Crippen molar-refractivity contribution in [1.29, 1.82) is 0 Å². The van der Waals surface area contributed by atoms with Gasteiger partial charge in [0.05, 0.1) is 9.15 Å². The molecule has 0 aromatic heterocycles. The molecule has 1 aliphatic heterocycles. The molecule has 4 aliphatic rings. The Hall–Kier alpha value is 0.130. The Morgan fingerprint density at radius 3 is 2.46 bits per heavy atom. The minimum absolute atomic E-state index is 0.0279. The van der Waals surface area contributed by atoms with Crippen LogP contribution in [0, 0.1) is 16.2 Å². The predicted octanol–water partition coefficient (Wildman–Crippen LogP) is 5.26. The van der Waals surface area contributed by atoms with Crippen molar-refractivity contribution in [3.05, 3.63) is 35.4 Å². The van der Waals surface area contributed by atoms with Gasteiger partial charge in [-0.3, -0.25) is 4.79 Å². The van der Waals surface area contributed by atoms with E-state index in [1.54, 1.807) is 0 Å². The van der Waals surface area contributed by atoms with E-state index in [4.69, 9.17) is 0 Å². The number of carbonyl (C=O) groups is 1. The van der Waals surface area contributed by atoms with E-state index in [2.05, 4.69) is 90.8 Å². The molecule has 5 heteroatoms. The molecule has 0 radical (unpaired) electrons. The van der Waals surface area contributed by atoms with Gasteiger partial charge >= 0.3 is 0 Å². The van der Waals surface area contributed by atoms with Crippen LogP contribution in [-0.4, -0.2) is 25.9 Å². The Morgan fingerprint density at radius 2 is 1.88 bits per heavy atom. The molecule has 2 bridgehead atoms. The molecule has 1 heterocycles. The fraction of sp³-hybridized carbons (Fsp3) is 0.632. The number of alkyl halides is 3. The fourth-order valence-electron chi connectivity index (χ4n) is 5.62. The summed E-state index contributed by atoms with van der Waals surface area (Å²) in [7, 11) is 0. The first-order valence-corrected chi connectivity index (χ1v) is 11.3. The van der Waals surface area contributed by atoms with Crippen molar-refractivity contribution in [3.8, 4) is 0 Å². The van der Waals surface area contributed by atoms with Crippen molar-refractivity contribution in [2.75, 3.05) is 6.54 Å². The van der Waals surface area contributed by atoms with Crippen molar-refractivity contribution >= 4 is 53.7 Å². The van der Waals surface area contributed by atoms with E-state index < -0.39 is 0 Å². The molecule has 1 amide bonds. The van der Waals surface area contributed by atoms with Crippen molar-refractivity contribution in [2.24, 2.45) is 16.2 Å². The van der Waals surface area contributed by atoms with Crippen LogP contribution in [0.25, 0.3) is 0 Å². The lowest BCUT2D eigenvalue weighted by Gasteiger charge is -2.66. The summed E-state index contributed by atoms with van der Waals surface area (Å²) in [6.45, 7) is 6.16. The number of halogens is 3. The molecule has 3 atom stereocenters. The molecule has 3 fully saturated rings. The lowest BCUT2D eigenvalue weighted by Crippen LogP contribution is -2.72. The molecule has 3 aliphatic carbocycles. The van der Waals surface area contributed by atoms with E-state index in [1.165, 1.54) is 11.1 Å². The van der Waals surface area contributed by atoms with Gasteiger partial charge in [0, 0.05) is 23.3 Å². The van der Waals surface area contributed by atoms with Crippen LogP contribution in [0.3, 0.4) is 0 Å². The molecule has 3 saturated carbocycles. The smallest absolute Gasteiger partial charge is 0.230 e. The predicted molar refractivity (Wildman–Crippen MR) is 108 cm³/mol. The Balaban J connectivity index is 1.65. The van der Waals surface area contributed by atoms with Gasteiger partial charge in [0.25, 0.3) is 0 Å². The van der Waals surface area contributed by atoms with Gasteiger partial charge in [0.15, 0.2) is 0 Å². The van der Waals surface area contributed by atoms with Gasteiger partial charge in [-0.2, -0.15) is 0 Å². The number of hydrogen-bond acceptors (Lipinski definition) is 1. The average Bonchev–Trinajstić information content (AvgIpc) is 3.03. The average molecular weight is 520 g/mol. The summed E-state index contributed by atoms with van der Waals surface area (Å²) in [4.78, 5) is 16.0. The first-order valence-electron chi connectivity index (χ1n) is 8.57. The van der Waals surface area contributed by atoms with Crippen molar-refractivity contribution in [3.63, 3.8) is 0 Å². The highest BCUT2D eigenvalue weighted by atomic mass is 79.9. The normalized spacial score (nSPS) is 36.4. The Morgan fingerprint density at radius 1 is 1.21 bits per heavy atom. The Labute approximate surface area is 169 Å². The number of fused-ring (bicyclic) bond motifs is 2. The van der Waals surface area contributed by atoms with E-state index >= 15 is 0 Å². The highest BCUT2D eigenvalue weighted by Crippen LogP contribution is 2.82. The molecule has 24 heavy (non-hydrogen) atoms. The lowest BCUT2D eigenvalue weighted by molar-refractivity contribution is -0.173. The van der Waals surface area contributed by atoms with Crippen LogP contribution >= 0.6 is 47.8 Å². The number of hydrogen-bond donors (Lipinski definition) is 0. The summed E-state index contributed by atoms with van der Waals surface area (Å²) in [5, 5.41) is 0. The molecule has 5 rings (SSSR count). The van der Waals surface area contributed by atoms with Crippen LogP contribution in [0.2, 0.25) is 0 Å². The fourth-order valence-corrected chi connectivity index (χ4v) is 10.5. The molecule has 0 unspecified atom stereocenters. The zero-order valence-electron chi connectivity index (χ0n) is 14.0. The van der Waals surface area contributed by atoms with Gasteiger partial charge in [-0.15, -0.1) is 0 Å². The molecule has 0 spiro atoms. The van der Waals surface area contributed by atoms with Crippen LogP contribution in [0.1, 0.15) is 37.8 Å². The van der Waals surface area contributed by atoms with Gasteiger partial charge in [-0.05, 0) is 35.8 Å². The first-order chi connectivity index (χ1) is 11.3. The second-order valence-electron chi connectivity index (χ2n) is 8.05. The van der Waals surface area contributed by atoms with Gasteiger partial charge in [0.1, 0.15) is 0 Å². The third-order valence-corrected chi connectivity index (χ3v) is 10.5. The summed E-state index contributed by atoms with van der Waals surface area (Å²) in [5.74, 6) is 0.345. The standard InChI is InChI=1S/C19H22Br3NO/c1-17(2)18(15(21)22)8-9-19(17,14(18)20)16(24)23-10-7-12-5-3-4-6-13(12)11-23/h3-6,14-15H,7-11H2,1-2H3/t14-,18-,19-/m1/s1. The van der Waals surface area contributed by atoms with E-state index in [-0.39, 0.29) is 24.8 Å². The van der Waals surface area contributed by atoms with Crippen LogP contribution in [-0.2, 0) is 17.8 Å². The minimum atomic E-state index is -0.279. The summed E-state index contributed by atoms with van der Waals surface area (Å²) in [5.41, 5.74) is 2.49. The molecule has 0 N–H and O–H groups in total. The van der Waals surface area contributed by atoms with Gasteiger partial charge in [-0.1, -0.05) is 85.9 Å². The largest absolute Gasteiger partial charge is 0.337 e. The minimum Gasteiger partial charge on any atom is -0.337 e. The molecular weight excluding hydrogens is 498 g/mol. The molecule has 0 saturated heterocycles. The molecule has 1 aromatic rings. The zero-order chi connectivity index (χ0) is 17.3. The second kappa shape index (κ2) is 5.56. The first kappa shape index (κ1) is 17.5. The van der Waals surface area contributed by atoms with Gasteiger partial charge < -0.3 is 4.90 Å². The molecular formula is C19H22Br3NO. The summed E-state index contributed by atoms with van der Waals surface area (Å²) in [6.07, 6.45) is 3.02. The van der Waals surface area contributed by atoms with Crippen LogP contribution < -0.4 is 0 Å². The zero-order valence-corrected chi connectivity index (χ0v) is 18.7. The van der Waals surface area contributed by atoms with Crippen molar-refractivity contribution in [1.82, 2.24) is 4.90 Å². The number of rotatable bonds is 2. The third-order valence-electron chi connectivity index (χ3n) is 7.29. The quantitative estimate of drug-likeness (QED) is 0.488. The lowest BCUT2D eigenvalue weighted by atomic mass is 9.43. The summed E-state index contributed by atoms with van der Waals surface area (Å²) >= 11 is 11.5. The van der Waals surface area contributed by atoms with Crippen LogP contribution in [0.15, 0.2) is 24.3 Å². The van der Waals surface area contributed by atoms with Crippen LogP contribution in [0.4, 0.5) is 0 Å². The third kappa shape index (κ3) is 1.85. The Bertz CT molecular complexity index is 704. The number of carbonyl (C=O) groups excluding carboxylic acids is 1. The van der Waals surface area contributed by atoms with Crippen molar-refractivity contribution < 1.29 is 4.79 Å². The van der Waals surface area contributed by atoms with E-state index in [1.807, 2.05) is 0 Å². The highest BCUT2D eigenvalue weighted by molar-refractivity contribution is 9.24. The molecule has 2 nitrogen and oxygen atoms in total. The monoisotopic (exact) mass is 517 g/mol. The highest BCUT2D eigenvalue weighted by Gasteiger charge is 2.83. The maximum absolute atomic E-state index is 13.6. The maximum Gasteiger partial charge on any atom is 0.230 e. The Kier molecular flexibility index (Phi) is 4.06. The molecule has 1 aromatic carbocycles. The van der Waals surface area contributed by atoms with E-state index in [9.17, 15) is 4.79 Å². The van der Waals surface area contributed by atoms with E-state index in [0.29, 0.717) is 5.91 Å². The summed E-state index contributed by atoms with van der Waals surface area (Å²) < 4.78 is 0.224.